The number of pyridine rings is 1. The molecule has 0 fully saturated rings. The number of unbranched alkanes of at least 4 members (excludes halogenated alkanes) is 1. The number of hydrogen-bond acceptors (Lipinski definition) is 3. The predicted molar refractivity (Wildman–Crippen MR) is 79.5 cm³/mol. The van der Waals surface area contributed by atoms with Gasteiger partial charge in [0.05, 0.1) is 0 Å². The van der Waals surface area contributed by atoms with Crippen LogP contribution in [0.25, 0.3) is 0 Å². The summed E-state index contributed by atoms with van der Waals surface area (Å²) in [4.78, 5) is 16.3. The van der Waals surface area contributed by atoms with E-state index in [4.69, 9.17) is 0 Å². The Hall–Kier alpha value is -1.58. The summed E-state index contributed by atoms with van der Waals surface area (Å²) >= 11 is 0. The Morgan fingerprint density at radius 2 is 2.11 bits per heavy atom. The fraction of sp³-hybridized carbons (Fsp3) is 0.600. The zero-order chi connectivity index (χ0) is 14.1. The van der Waals surface area contributed by atoms with Gasteiger partial charge in [0, 0.05) is 25.0 Å². The van der Waals surface area contributed by atoms with Gasteiger partial charge in [-0.15, -0.1) is 0 Å². The van der Waals surface area contributed by atoms with Crippen LogP contribution in [0.3, 0.4) is 0 Å². The number of carbonyl (C=O) groups is 1. The van der Waals surface area contributed by atoms with Gasteiger partial charge in [-0.2, -0.15) is 0 Å². The van der Waals surface area contributed by atoms with Crippen molar-refractivity contribution in [1.82, 2.24) is 10.3 Å². The SMILES string of the molecule is CCCCC(CCC)NC(=O)c1cc(NC)ccn1. The molecule has 1 rings (SSSR count). The van der Waals surface area contributed by atoms with Crippen LogP contribution in [0, 0.1) is 0 Å². The van der Waals surface area contributed by atoms with E-state index in [1.54, 1.807) is 12.3 Å². The summed E-state index contributed by atoms with van der Waals surface area (Å²) in [5, 5.41) is 6.11. The van der Waals surface area contributed by atoms with Crippen molar-refractivity contribution in [2.75, 3.05) is 12.4 Å². The number of nitrogens with zero attached hydrogens (tertiary/aromatic N) is 1. The summed E-state index contributed by atoms with van der Waals surface area (Å²) in [5.74, 6) is -0.0772. The molecule has 0 aromatic carbocycles. The Labute approximate surface area is 116 Å². The highest BCUT2D eigenvalue weighted by atomic mass is 16.1. The molecule has 1 aromatic rings. The van der Waals surface area contributed by atoms with Gasteiger partial charge in [-0.3, -0.25) is 9.78 Å². The molecule has 1 atom stereocenters. The summed E-state index contributed by atoms with van der Waals surface area (Å²) in [7, 11) is 1.83. The van der Waals surface area contributed by atoms with E-state index in [-0.39, 0.29) is 11.9 Å². The quantitative estimate of drug-likeness (QED) is 0.757. The highest BCUT2D eigenvalue weighted by Crippen LogP contribution is 2.10. The van der Waals surface area contributed by atoms with E-state index >= 15 is 0 Å². The summed E-state index contributed by atoms with van der Waals surface area (Å²) in [6.07, 6.45) is 7.11. The maximum Gasteiger partial charge on any atom is 0.270 e. The highest BCUT2D eigenvalue weighted by Gasteiger charge is 2.13. The van der Waals surface area contributed by atoms with Crippen molar-refractivity contribution < 1.29 is 4.79 Å². The molecule has 1 amide bonds. The summed E-state index contributed by atoms with van der Waals surface area (Å²) in [5.41, 5.74) is 1.38. The Morgan fingerprint density at radius 3 is 2.74 bits per heavy atom. The molecule has 0 saturated carbocycles. The van der Waals surface area contributed by atoms with E-state index in [1.807, 2.05) is 13.1 Å². The van der Waals surface area contributed by atoms with Crippen molar-refractivity contribution in [1.29, 1.82) is 0 Å². The molecule has 4 heteroatoms. The van der Waals surface area contributed by atoms with Gasteiger partial charge in [-0.25, -0.2) is 0 Å². The number of amides is 1. The standard InChI is InChI=1S/C15H25N3O/c1-4-6-8-12(7-5-2)18-15(19)14-11-13(16-3)9-10-17-14/h9-12H,4-8H2,1-3H3,(H,16,17)(H,18,19). The lowest BCUT2D eigenvalue weighted by Gasteiger charge is -2.17. The molecule has 4 nitrogen and oxygen atoms in total. The lowest BCUT2D eigenvalue weighted by molar-refractivity contribution is 0.0927. The molecule has 1 aromatic heterocycles. The second kappa shape index (κ2) is 8.51. The van der Waals surface area contributed by atoms with Crippen molar-refractivity contribution in [3.05, 3.63) is 24.0 Å². The fourth-order valence-electron chi connectivity index (χ4n) is 2.06. The van der Waals surface area contributed by atoms with Crippen LogP contribution >= 0.6 is 0 Å². The van der Waals surface area contributed by atoms with Gasteiger partial charge in [0.2, 0.25) is 0 Å². The van der Waals surface area contributed by atoms with E-state index in [0.717, 1.165) is 37.8 Å². The third-order valence-electron chi connectivity index (χ3n) is 3.16. The van der Waals surface area contributed by atoms with Crippen molar-refractivity contribution >= 4 is 11.6 Å². The Kier molecular flexibility index (Phi) is 6.93. The van der Waals surface area contributed by atoms with Gasteiger partial charge in [0.1, 0.15) is 5.69 Å². The first-order valence-electron chi connectivity index (χ1n) is 7.15. The Balaban J connectivity index is 2.64. The Morgan fingerprint density at radius 1 is 1.32 bits per heavy atom. The maximum atomic E-state index is 12.2. The highest BCUT2D eigenvalue weighted by molar-refractivity contribution is 5.93. The number of hydrogen-bond donors (Lipinski definition) is 2. The zero-order valence-electron chi connectivity index (χ0n) is 12.2. The van der Waals surface area contributed by atoms with Gasteiger partial charge >= 0.3 is 0 Å². The largest absolute Gasteiger partial charge is 0.388 e. The van der Waals surface area contributed by atoms with Gasteiger partial charge < -0.3 is 10.6 Å². The molecule has 19 heavy (non-hydrogen) atoms. The first-order chi connectivity index (χ1) is 9.21. The third-order valence-corrected chi connectivity index (χ3v) is 3.16. The third kappa shape index (κ3) is 5.28. The van der Waals surface area contributed by atoms with Gasteiger partial charge in [-0.05, 0) is 25.0 Å². The maximum absolute atomic E-state index is 12.2. The van der Waals surface area contributed by atoms with Crippen LogP contribution in [-0.2, 0) is 0 Å². The van der Waals surface area contributed by atoms with Gasteiger partial charge in [0.25, 0.3) is 5.91 Å². The second-order valence-corrected chi connectivity index (χ2v) is 4.78. The van der Waals surface area contributed by atoms with Crippen LogP contribution in [0.4, 0.5) is 5.69 Å². The minimum atomic E-state index is -0.0772. The fourth-order valence-corrected chi connectivity index (χ4v) is 2.06. The summed E-state index contributed by atoms with van der Waals surface area (Å²) in [6, 6.07) is 3.88. The first-order valence-corrected chi connectivity index (χ1v) is 7.15. The van der Waals surface area contributed by atoms with Gasteiger partial charge in [-0.1, -0.05) is 33.1 Å². The molecule has 0 spiro atoms. The molecule has 0 aliphatic carbocycles. The average molecular weight is 263 g/mol. The normalized spacial score (nSPS) is 11.9. The molecular weight excluding hydrogens is 238 g/mol. The van der Waals surface area contributed by atoms with Crippen LogP contribution in [0.2, 0.25) is 0 Å². The van der Waals surface area contributed by atoms with E-state index in [2.05, 4.69) is 29.5 Å². The van der Waals surface area contributed by atoms with Crippen LogP contribution in [-0.4, -0.2) is 24.0 Å². The van der Waals surface area contributed by atoms with Crippen LogP contribution < -0.4 is 10.6 Å². The molecule has 2 N–H and O–H groups in total. The Bertz CT molecular complexity index is 393. The van der Waals surface area contributed by atoms with E-state index in [9.17, 15) is 4.79 Å². The average Bonchev–Trinajstić information content (AvgIpc) is 2.45. The van der Waals surface area contributed by atoms with Crippen molar-refractivity contribution in [2.45, 2.75) is 52.0 Å². The van der Waals surface area contributed by atoms with E-state index in [0.29, 0.717) is 5.69 Å². The van der Waals surface area contributed by atoms with Crippen LogP contribution in [0.15, 0.2) is 18.3 Å². The first kappa shape index (κ1) is 15.5. The molecule has 0 radical (unpaired) electrons. The molecule has 106 valence electrons. The molecule has 1 heterocycles. The topological polar surface area (TPSA) is 54.0 Å². The summed E-state index contributed by atoms with van der Waals surface area (Å²) in [6.45, 7) is 4.31. The lowest BCUT2D eigenvalue weighted by Crippen LogP contribution is -2.35. The number of nitrogens with one attached hydrogen (secondary N) is 2. The van der Waals surface area contributed by atoms with Crippen LogP contribution in [0.5, 0.6) is 0 Å². The number of carbonyl (C=O) groups excluding carboxylic acids is 1. The van der Waals surface area contributed by atoms with Crippen molar-refractivity contribution in [2.24, 2.45) is 0 Å². The zero-order valence-corrected chi connectivity index (χ0v) is 12.2. The predicted octanol–water partition coefficient (Wildman–Crippen LogP) is 3.21. The molecule has 0 bridgehead atoms. The number of aromatic nitrogens is 1. The molecule has 0 aliphatic rings. The van der Waals surface area contributed by atoms with E-state index in [1.165, 1.54) is 0 Å². The lowest BCUT2D eigenvalue weighted by atomic mass is 10.0. The molecule has 0 aliphatic heterocycles. The molecular formula is C15H25N3O. The molecule has 1 unspecified atom stereocenters. The summed E-state index contributed by atoms with van der Waals surface area (Å²) < 4.78 is 0. The minimum absolute atomic E-state index is 0.0772. The monoisotopic (exact) mass is 263 g/mol. The second-order valence-electron chi connectivity index (χ2n) is 4.78. The van der Waals surface area contributed by atoms with Crippen molar-refractivity contribution in [3.8, 4) is 0 Å². The van der Waals surface area contributed by atoms with Gasteiger partial charge in [0.15, 0.2) is 0 Å². The van der Waals surface area contributed by atoms with Crippen molar-refractivity contribution in [3.63, 3.8) is 0 Å². The van der Waals surface area contributed by atoms with Crippen LogP contribution in [0.1, 0.15) is 56.4 Å². The molecule has 0 saturated heterocycles. The van der Waals surface area contributed by atoms with E-state index < -0.39 is 0 Å². The minimum Gasteiger partial charge on any atom is -0.388 e. The number of rotatable bonds is 8. The smallest absolute Gasteiger partial charge is 0.270 e. The number of anilines is 1.